The van der Waals surface area contributed by atoms with E-state index in [1.54, 1.807) is 20.8 Å². The maximum atomic E-state index is 12.4. The fraction of sp³-hybridized carbons (Fsp3) is 0.857. The van der Waals surface area contributed by atoms with Crippen molar-refractivity contribution in [3.05, 3.63) is 0 Å². The van der Waals surface area contributed by atoms with Crippen LogP contribution in [0.5, 0.6) is 0 Å². The first-order valence-corrected chi connectivity index (χ1v) is 10.8. The van der Waals surface area contributed by atoms with Crippen molar-refractivity contribution < 1.29 is 19.5 Å². The second-order valence-corrected chi connectivity index (χ2v) is 7.48. The summed E-state index contributed by atoms with van der Waals surface area (Å²) in [5.74, 6) is -0.471. The smallest absolute Gasteiger partial charge is 0.239 e. The number of rotatable bonds is 14. The first-order valence-electron chi connectivity index (χ1n) is 10.8. The highest BCUT2D eigenvalue weighted by atomic mass is 16.2. The number of carbonyl (C=O) groups excluding carboxylic acids is 3. The third-order valence-corrected chi connectivity index (χ3v) is 4.78. The van der Waals surface area contributed by atoms with E-state index in [1.165, 1.54) is 0 Å². The molecule has 7 N–H and O–H groups in total. The van der Waals surface area contributed by atoms with Crippen molar-refractivity contribution in [1.82, 2.24) is 10.6 Å². The van der Waals surface area contributed by atoms with E-state index in [0.29, 0.717) is 31.8 Å². The first kappa shape index (κ1) is 29.7. The molecule has 0 fully saturated rings. The summed E-state index contributed by atoms with van der Waals surface area (Å²) >= 11 is 0. The van der Waals surface area contributed by atoms with Gasteiger partial charge in [-0.1, -0.05) is 40.5 Å². The molecule has 0 aliphatic carbocycles. The number of hydrogen-bond acceptors (Lipinski definition) is 6. The van der Waals surface area contributed by atoms with E-state index in [2.05, 4.69) is 24.5 Å². The van der Waals surface area contributed by atoms with Crippen LogP contribution in [0.15, 0.2) is 0 Å². The number of nitrogens with one attached hydrogen (secondary N) is 2. The molecule has 0 aliphatic heterocycles. The third-order valence-electron chi connectivity index (χ3n) is 4.78. The van der Waals surface area contributed by atoms with Gasteiger partial charge in [-0.2, -0.15) is 0 Å². The molecule has 0 saturated carbocycles. The summed E-state index contributed by atoms with van der Waals surface area (Å²) in [4.78, 5) is 36.7. The zero-order chi connectivity index (χ0) is 22.8. The van der Waals surface area contributed by atoms with Gasteiger partial charge in [0.25, 0.3) is 0 Å². The summed E-state index contributed by atoms with van der Waals surface area (Å²) in [6.45, 7) is 10.3. The zero-order valence-electron chi connectivity index (χ0n) is 19.0. The lowest BCUT2D eigenvalue weighted by Gasteiger charge is -2.22. The van der Waals surface area contributed by atoms with Crippen LogP contribution in [0, 0.1) is 17.8 Å². The summed E-state index contributed by atoms with van der Waals surface area (Å²) in [6.07, 6.45) is 3.80. The van der Waals surface area contributed by atoms with Gasteiger partial charge in [0.05, 0.1) is 12.6 Å². The molecular weight excluding hydrogens is 372 g/mol. The minimum atomic E-state index is -0.603. The zero-order valence-corrected chi connectivity index (χ0v) is 19.0. The molecule has 29 heavy (non-hydrogen) atoms. The Morgan fingerprint density at radius 1 is 0.966 bits per heavy atom. The van der Waals surface area contributed by atoms with Gasteiger partial charge in [-0.3, -0.25) is 14.4 Å². The Hall–Kier alpha value is -1.51. The van der Waals surface area contributed by atoms with Gasteiger partial charge in [0.15, 0.2) is 5.78 Å². The lowest BCUT2D eigenvalue weighted by Crippen LogP contribution is -2.48. The largest absolute Gasteiger partial charge is 0.397 e. The minimum Gasteiger partial charge on any atom is -0.397 e. The number of Topliss-reactive ketones (excluding diaryl/α,β-unsaturated/α-hetero) is 1. The number of aliphatic hydroxyl groups excluding tert-OH is 1. The number of nitrogens with two attached hydrogens (primary N) is 2. The van der Waals surface area contributed by atoms with Gasteiger partial charge in [-0.15, -0.1) is 0 Å². The van der Waals surface area contributed by atoms with Gasteiger partial charge in [-0.05, 0) is 45.2 Å². The molecule has 2 unspecified atom stereocenters. The van der Waals surface area contributed by atoms with Crippen molar-refractivity contribution >= 4 is 17.6 Å². The topological polar surface area (TPSA) is 148 Å². The molecule has 2 amide bonds. The molecule has 0 rings (SSSR count). The van der Waals surface area contributed by atoms with E-state index < -0.39 is 6.04 Å². The molecule has 0 aromatic heterocycles. The standard InChI is InChI=1S/C19H38N4O3.C2H6O/c1-5-14(6-2)11-15(7-9-20)19(26)22-12-17(24)23-16(8-10-21)18(25)13(3)4;1-2-3/h13-16H,5-12,20-21H2,1-4H3,(H,22,26)(H,23,24);3H,2H2,1H3. The van der Waals surface area contributed by atoms with E-state index in [0.717, 1.165) is 19.3 Å². The molecule has 8 heteroatoms. The lowest BCUT2D eigenvalue weighted by molar-refractivity contribution is -0.131. The van der Waals surface area contributed by atoms with Gasteiger partial charge < -0.3 is 27.2 Å². The summed E-state index contributed by atoms with van der Waals surface area (Å²) < 4.78 is 0. The fourth-order valence-electron chi connectivity index (χ4n) is 2.99. The Bertz CT molecular complexity index is 454. The molecule has 2 atom stereocenters. The average Bonchev–Trinajstić information content (AvgIpc) is 2.68. The molecule has 0 saturated heterocycles. The van der Waals surface area contributed by atoms with Gasteiger partial charge in [0.1, 0.15) is 0 Å². The van der Waals surface area contributed by atoms with Crippen LogP contribution in [-0.2, 0) is 14.4 Å². The van der Waals surface area contributed by atoms with Crippen molar-refractivity contribution in [2.24, 2.45) is 29.2 Å². The summed E-state index contributed by atoms with van der Waals surface area (Å²) in [5.41, 5.74) is 11.2. The van der Waals surface area contributed by atoms with Gasteiger partial charge in [-0.25, -0.2) is 0 Å². The van der Waals surface area contributed by atoms with Gasteiger partial charge in [0.2, 0.25) is 11.8 Å². The average molecular weight is 417 g/mol. The number of aliphatic hydroxyl groups is 1. The van der Waals surface area contributed by atoms with Gasteiger partial charge in [0, 0.05) is 18.4 Å². The van der Waals surface area contributed by atoms with Crippen LogP contribution in [-0.4, -0.2) is 55.0 Å². The summed E-state index contributed by atoms with van der Waals surface area (Å²) in [6, 6.07) is -0.603. The molecule has 0 aromatic carbocycles. The molecule has 172 valence electrons. The highest BCUT2D eigenvalue weighted by Crippen LogP contribution is 2.21. The Balaban J connectivity index is 0. The highest BCUT2D eigenvalue weighted by Gasteiger charge is 2.24. The highest BCUT2D eigenvalue weighted by molar-refractivity contribution is 5.92. The molecule has 0 heterocycles. The fourth-order valence-corrected chi connectivity index (χ4v) is 2.99. The molecule has 0 spiro atoms. The third kappa shape index (κ3) is 14.2. The van der Waals surface area contributed by atoms with Crippen molar-refractivity contribution in [2.75, 3.05) is 26.2 Å². The van der Waals surface area contributed by atoms with Crippen LogP contribution in [0.1, 0.15) is 66.7 Å². The van der Waals surface area contributed by atoms with E-state index in [9.17, 15) is 14.4 Å². The van der Waals surface area contributed by atoms with E-state index in [-0.39, 0.29) is 42.6 Å². The molecule has 8 nitrogen and oxygen atoms in total. The predicted molar refractivity (Wildman–Crippen MR) is 117 cm³/mol. The van der Waals surface area contributed by atoms with E-state index in [4.69, 9.17) is 16.6 Å². The molecular formula is C21H44N4O4. The number of ketones is 1. The maximum Gasteiger partial charge on any atom is 0.239 e. The Kier molecular flexibility index (Phi) is 19.0. The van der Waals surface area contributed by atoms with Crippen LogP contribution in [0.25, 0.3) is 0 Å². The Labute approximate surface area is 176 Å². The SMILES string of the molecule is CCC(CC)CC(CCN)C(=O)NCC(=O)NC(CCN)C(=O)C(C)C.CCO. The summed E-state index contributed by atoms with van der Waals surface area (Å²) in [7, 11) is 0. The second kappa shape index (κ2) is 18.5. The molecule has 0 aliphatic rings. The van der Waals surface area contributed by atoms with E-state index in [1.807, 2.05) is 0 Å². The molecule has 0 bridgehead atoms. The minimum absolute atomic E-state index is 0.0510. The van der Waals surface area contributed by atoms with Crippen molar-refractivity contribution in [1.29, 1.82) is 0 Å². The van der Waals surface area contributed by atoms with Crippen molar-refractivity contribution in [2.45, 2.75) is 72.8 Å². The predicted octanol–water partition coefficient (Wildman–Crippen LogP) is 0.951. The van der Waals surface area contributed by atoms with E-state index >= 15 is 0 Å². The van der Waals surface area contributed by atoms with Crippen molar-refractivity contribution in [3.63, 3.8) is 0 Å². The number of carbonyl (C=O) groups is 3. The van der Waals surface area contributed by atoms with Crippen LogP contribution in [0.3, 0.4) is 0 Å². The molecule has 0 radical (unpaired) electrons. The maximum absolute atomic E-state index is 12.4. The van der Waals surface area contributed by atoms with Crippen LogP contribution in [0.4, 0.5) is 0 Å². The lowest BCUT2D eigenvalue weighted by atomic mass is 9.88. The quantitative estimate of drug-likeness (QED) is 0.285. The van der Waals surface area contributed by atoms with Crippen molar-refractivity contribution in [3.8, 4) is 0 Å². The normalized spacial score (nSPS) is 12.8. The number of hydrogen-bond donors (Lipinski definition) is 5. The van der Waals surface area contributed by atoms with Crippen LogP contribution >= 0.6 is 0 Å². The molecule has 0 aromatic rings. The Morgan fingerprint density at radius 3 is 1.90 bits per heavy atom. The first-order chi connectivity index (χ1) is 13.7. The second-order valence-electron chi connectivity index (χ2n) is 7.48. The van der Waals surface area contributed by atoms with Crippen LogP contribution < -0.4 is 22.1 Å². The van der Waals surface area contributed by atoms with Gasteiger partial charge >= 0.3 is 0 Å². The summed E-state index contributed by atoms with van der Waals surface area (Å²) in [5, 5.41) is 12.9. The van der Waals surface area contributed by atoms with Crippen LogP contribution in [0.2, 0.25) is 0 Å². The Morgan fingerprint density at radius 2 is 1.48 bits per heavy atom. The number of amides is 2. The monoisotopic (exact) mass is 416 g/mol.